The van der Waals surface area contributed by atoms with Crippen LogP contribution >= 0.6 is 11.6 Å². The van der Waals surface area contributed by atoms with Crippen molar-refractivity contribution in [2.24, 2.45) is 5.73 Å². The SMILES string of the molecule is Cc1cc(C)c(-n2c(C)cc(CN)c2C)c(Cl)c1. The maximum Gasteiger partial charge on any atom is 0.0670 e. The number of nitrogens with two attached hydrogens (primary N) is 1. The summed E-state index contributed by atoms with van der Waals surface area (Å²) in [6.45, 7) is 8.88. The van der Waals surface area contributed by atoms with Crippen LogP contribution in [0.3, 0.4) is 0 Å². The van der Waals surface area contributed by atoms with Crippen LogP contribution in [0.5, 0.6) is 0 Å². The zero-order valence-corrected chi connectivity index (χ0v) is 12.1. The fourth-order valence-corrected chi connectivity index (χ4v) is 2.98. The Kier molecular flexibility index (Phi) is 3.51. The molecule has 0 bridgehead atoms. The smallest absolute Gasteiger partial charge is 0.0670 e. The van der Waals surface area contributed by atoms with Crippen LogP contribution in [-0.2, 0) is 6.54 Å². The summed E-state index contributed by atoms with van der Waals surface area (Å²) < 4.78 is 2.19. The van der Waals surface area contributed by atoms with Gasteiger partial charge in [-0.3, -0.25) is 0 Å². The van der Waals surface area contributed by atoms with Gasteiger partial charge in [-0.2, -0.15) is 0 Å². The second kappa shape index (κ2) is 4.79. The molecule has 1 heterocycles. The normalized spacial score (nSPS) is 11.0. The van der Waals surface area contributed by atoms with E-state index >= 15 is 0 Å². The summed E-state index contributed by atoms with van der Waals surface area (Å²) in [5, 5.41) is 0.790. The Bertz CT molecular complexity index is 574. The molecule has 0 radical (unpaired) electrons. The molecule has 0 saturated carbocycles. The first-order valence-electron chi connectivity index (χ1n) is 6.10. The van der Waals surface area contributed by atoms with Gasteiger partial charge in [-0.05, 0) is 56.5 Å². The fourth-order valence-electron chi connectivity index (χ4n) is 2.57. The van der Waals surface area contributed by atoms with Crippen molar-refractivity contribution in [3.8, 4) is 5.69 Å². The number of halogens is 1. The molecule has 2 aromatic rings. The Morgan fingerprint density at radius 3 is 2.28 bits per heavy atom. The third-order valence-corrected chi connectivity index (χ3v) is 3.67. The molecule has 0 aliphatic heterocycles. The molecule has 2 nitrogen and oxygen atoms in total. The number of nitrogens with zero attached hydrogens (tertiary/aromatic N) is 1. The van der Waals surface area contributed by atoms with Crippen LogP contribution in [0.15, 0.2) is 18.2 Å². The minimum atomic E-state index is 0.558. The van der Waals surface area contributed by atoms with E-state index in [0.29, 0.717) is 6.54 Å². The third kappa shape index (κ3) is 2.06. The lowest BCUT2D eigenvalue weighted by molar-refractivity contribution is 0.934. The van der Waals surface area contributed by atoms with Crippen molar-refractivity contribution in [2.45, 2.75) is 34.2 Å². The van der Waals surface area contributed by atoms with Crippen LogP contribution in [0.4, 0.5) is 0 Å². The average Bonchev–Trinajstić information content (AvgIpc) is 2.55. The van der Waals surface area contributed by atoms with Crippen LogP contribution in [0.2, 0.25) is 5.02 Å². The highest BCUT2D eigenvalue weighted by molar-refractivity contribution is 6.32. The van der Waals surface area contributed by atoms with Crippen molar-refractivity contribution in [2.75, 3.05) is 0 Å². The topological polar surface area (TPSA) is 30.9 Å². The monoisotopic (exact) mass is 262 g/mol. The van der Waals surface area contributed by atoms with Gasteiger partial charge in [0, 0.05) is 17.9 Å². The summed E-state index contributed by atoms with van der Waals surface area (Å²) in [5.74, 6) is 0. The molecule has 1 aromatic heterocycles. The number of hydrogen-bond acceptors (Lipinski definition) is 1. The van der Waals surface area contributed by atoms with Gasteiger partial charge in [-0.15, -0.1) is 0 Å². The van der Waals surface area contributed by atoms with E-state index in [2.05, 4.69) is 44.4 Å². The lowest BCUT2D eigenvalue weighted by Gasteiger charge is -2.15. The van der Waals surface area contributed by atoms with Crippen LogP contribution in [-0.4, -0.2) is 4.57 Å². The van der Waals surface area contributed by atoms with E-state index in [1.807, 2.05) is 6.07 Å². The molecule has 0 amide bonds. The van der Waals surface area contributed by atoms with Crippen molar-refractivity contribution >= 4 is 11.6 Å². The van der Waals surface area contributed by atoms with Gasteiger partial charge in [0.05, 0.1) is 10.7 Å². The van der Waals surface area contributed by atoms with Crippen molar-refractivity contribution in [3.05, 3.63) is 51.3 Å². The molecule has 2 N–H and O–H groups in total. The lowest BCUT2D eigenvalue weighted by atomic mass is 10.1. The van der Waals surface area contributed by atoms with Gasteiger partial charge < -0.3 is 10.3 Å². The molecule has 0 spiro atoms. The minimum absolute atomic E-state index is 0.558. The Labute approximate surface area is 113 Å². The zero-order chi connectivity index (χ0) is 13.4. The number of rotatable bonds is 2. The van der Waals surface area contributed by atoms with Crippen molar-refractivity contribution < 1.29 is 0 Å². The second-order valence-electron chi connectivity index (χ2n) is 4.85. The molecule has 96 valence electrons. The highest BCUT2D eigenvalue weighted by Gasteiger charge is 2.14. The predicted octanol–water partition coefficient (Wildman–Crippen LogP) is 3.82. The average molecular weight is 263 g/mol. The van der Waals surface area contributed by atoms with E-state index in [1.54, 1.807) is 0 Å². The molecule has 0 aliphatic carbocycles. The number of aromatic nitrogens is 1. The predicted molar refractivity (Wildman–Crippen MR) is 77.6 cm³/mol. The number of hydrogen-bond donors (Lipinski definition) is 1. The summed E-state index contributed by atoms with van der Waals surface area (Å²) in [7, 11) is 0. The van der Waals surface area contributed by atoms with Crippen molar-refractivity contribution in [1.29, 1.82) is 0 Å². The number of benzene rings is 1. The van der Waals surface area contributed by atoms with Gasteiger partial charge >= 0.3 is 0 Å². The molecule has 1 aromatic carbocycles. The Balaban J connectivity index is 2.73. The van der Waals surface area contributed by atoms with Crippen LogP contribution in [0.1, 0.15) is 28.1 Å². The molecule has 0 aliphatic rings. The summed E-state index contributed by atoms with van der Waals surface area (Å²) >= 11 is 6.41. The molecular weight excluding hydrogens is 244 g/mol. The highest BCUT2D eigenvalue weighted by atomic mass is 35.5. The molecule has 0 fully saturated rings. The molecule has 0 unspecified atom stereocenters. The van der Waals surface area contributed by atoms with E-state index in [0.717, 1.165) is 10.7 Å². The fraction of sp³-hybridized carbons (Fsp3) is 0.333. The second-order valence-corrected chi connectivity index (χ2v) is 5.26. The molecular formula is C15H19ClN2. The third-order valence-electron chi connectivity index (χ3n) is 3.38. The largest absolute Gasteiger partial charge is 0.326 e. The maximum atomic E-state index is 6.41. The van der Waals surface area contributed by atoms with Crippen LogP contribution in [0, 0.1) is 27.7 Å². The van der Waals surface area contributed by atoms with Gasteiger partial charge in [0.25, 0.3) is 0 Å². The Hall–Kier alpha value is -1.25. The first-order valence-corrected chi connectivity index (χ1v) is 6.48. The van der Waals surface area contributed by atoms with Gasteiger partial charge in [0.1, 0.15) is 0 Å². The van der Waals surface area contributed by atoms with Gasteiger partial charge in [-0.1, -0.05) is 17.7 Å². The van der Waals surface area contributed by atoms with E-state index in [9.17, 15) is 0 Å². The Morgan fingerprint density at radius 2 is 1.78 bits per heavy atom. The van der Waals surface area contributed by atoms with Crippen LogP contribution < -0.4 is 5.73 Å². The maximum absolute atomic E-state index is 6.41. The van der Waals surface area contributed by atoms with E-state index in [-0.39, 0.29) is 0 Å². The first-order chi connectivity index (χ1) is 8.45. The molecule has 18 heavy (non-hydrogen) atoms. The quantitative estimate of drug-likeness (QED) is 0.876. The van der Waals surface area contributed by atoms with E-state index in [4.69, 9.17) is 17.3 Å². The summed E-state index contributed by atoms with van der Waals surface area (Å²) in [6.07, 6.45) is 0. The molecule has 0 saturated heterocycles. The molecule has 2 rings (SSSR count). The minimum Gasteiger partial charge on any atom is -0.326 e. The number of aryl methyl sites for hydroxylation is 3. The van der Waals surface area contributed by atoms with Crippen LogP contribution in [0.25, 0.3) is 5.69 Å². The van der Waals surface area contributed by atoms with Gasteiger partial charge in [0.15, 0.2) is 0 Å². The molecule has 0 atom stereocenters. The molecule has 3 heteroatoms. The van der Waals surface area contributed by atoms with Crippen molar-refractivity contribution in [3.63, 3.8) is 0 Å². The first kappa shape index (κ1) is 13.2. The highest BCUT2D eigenvalue weighted by Crippen LogP contribution is 2.30. The zero-order valence-electron chi connectivity index (χ0n) is 11.3. The summed E-state index contributed by atoms with van der Waals surface area (Å²) in [4.78, 5) is 0. The summed E-state index contributed by atoms with van der Waals surface area (Å²) in [6, 6.07) is 6.29. The van der Waals surface area contributed by atoms with Gasteiger partial charge in [0.2, 0.25) is 0 Å². The lowest BCUT2D eigenvalue weighted by Crippen LogP contribution is -2.04. The van der Waals surface area contributed by atoms with E-state index in [1.165, 1.54) is 28.1 Å². The standard InChI is InChI=1S/C15H19ClN2/c1-9-5-10(2)15(14(16)6-9)18-11(3)7-13(8-17)12(18)4/h5-7H,8,17H2,1-4H3. The van der Waals surface area contributed by atoms with Gasteiger partial charge in [-0.25, -0.2) is 0 Å². The van der Waals surface area contributed by atoms with E-state index < -0.39 is 0 Å². The van der Waals surface area contributed by atoms with Crippen molar-refractivity contribution in [1.82, 2.24) is 4.57 Å². The summed E-state index contributed by atoms with van der Waals surface area (Å²) in [5.41, 5.74) is 12.7. The Morgan fingerprint density at radius 1 is 1.11 bits per heavy atom.